The van der Waals surface area contributed by atoms with Gasteiger partial charge in [-0.2, -0.15) is 0 Å². The lowest BCUT2D eigenvalue weighted by Crippen LogP contribution is -2.14. The fourth-order valence-electron chi connectivity index (χ4n) is 4.55. The fraction of sp³-hybridized carbons (Fsp3) is 0.308. The third-order valence-corrected chi connectivity index (χ3v) is 6.08. The molecule has 0 radical (unpaired) electrons. The minimum absolute atomic E-state index is 0.0801. The normalized spacial score (nSPS) is 12.7. The Morgan fingerprint density at radius 1 is 0.935 bits per heavy atom. The zero-order valence-electron chi connectivity index (χ0n) is 18.0. The van der Waals surface area contributed by atoms with Crippen molar-refractivity contribution in [2.45, 2.75) is 32.1 Å². The number of aromatic nitrogens is 1. The van der Waals surface area contributed by atoms with Crippen LogP contribution >= 0.6 is 0 Å². The number of furan rings is 1. The molecular formula is C26H26N2O3. The van der Waals surface area contributed by atoms with Gasteiger partial charge in [-0.1, -0.05) is 35.5 Å². The summed E-state index contributed by atoms with van der Waals surface area (Å²) in [5.41, 5.74) is 5.33. The Labute approximate surface area is 181 Å². The molecule has 0 bridgehead atoms. The smallest absolute Gasteiger partial charge is 0.194 e. The first-order chi connectivity index (χ1) is 15.1. The van der Waals surface area contributed by atoms with Gasteiger partial charge in [0.15, 0.2) is 11.5 Å². The molecule has 1 aliphatic carbocycles. The van der Waals surface area contributed by atoms with Crippen molar-refractivity contribution in [2.24, 2.45) is 0 Å². The zero-order chi connectivity index (χ0) is 21.4. The number of nitrogens with zero attached hydrogens (tertiary/aromatic N) is 2. The number of carbonyl (C=O) groups is 1. The van der Waals surface area contributed by atoms with Crippen LogP contribution in [0.4, 0.5) is 0 Å². The Hall–Kier alpha value is -3.18. The number of ketones is 1. The van der Waals surface area contributed by atoms with E-state index in [1.54, 1.807) is 6.26 Å². The highest BCUT2D eigenvalue weighted by atomic mass is 16.5. The van der Waals surface area contributed by atoms with Gasteiger partial charge in [-0.3, -0.25) is 4.79 Å². The number of carbonyl (C=O) groups excluding carboxylic acids is 1. The van der Waals surface area contributed by atoms with E-state index in [4.69, 9.17) is 8.94 Å². The predicted octanol–water partition coefficient (Wildman–Crippen LogP) is 5.30. The summed E-state index contributed by atoms with van der Waals surface area (Å²) in [6.45, 7) is 1.04. The average molecular weight is 415 g/mol. The highest BCUT2D eigenvalue weighted by Gasteiger charge is 2.32. The van der Waals surface area contributed by atoms with E-state index >= 15 is 0 Å². The van der Waals surface area contributed by atoms with Crippen molar-refractivity contribution in [3.05, 3.63) is 76.7 Å². The van der Waals surface area contributed by atoms with Crippen LogP contribution in [0.1, 0.15) is 45.7 Å². The maximum atomic E-state index is 13.5. The summed E-state index contributed by atoms with van der Waals surface area (Å²) in [6.07, 6.45) is 6.26. The van der Waals surface area contributed by atoms with E-state index in [1.807, 2.05) is 36.4 Å². The molecule has 0 saturated carbocycles. The van der Waals surface area contributed by atoms with Crippen LogP contribution in [0, 0.1) is 0 Å². The highest BCUT2D eigenvalue weighted by molar-refractivity contribution is 6.25. The number of unbranched alkanes of at least 4 members (excludes halogenated alkanes) is 1. The molecule has 0 fully saturated rings. The Morgan fingerprint density at radius 3 is 2.55 bits per heavy atom. The number of rotatable bonds is 8. The monoisotopic (exact) mass is 414 g/mol. The molecule has 158 valence electrons. The molecule has 0 amide bonds. The Kier molecular flexibility index (Phi) is 5.20. The first kappa shape index (κ1) is 19.8. The van der Waals surface area contributed by atoms with Crippen molar-refractivity contribution >= 4 is 16.7 Å². The van der Waals surface area contributed by atoms with E-state index in [-0.39, 0.29) is 5.78 Å². The molecule has 5 nitrogen and oxygen atoms in total. The lowest BCUT2D eigenvalue weighted by molar-refractivity contribution is 0.103. The molecule has 31 heavy (non-hydrogen) atoms. The van der Waals surface area contributed by atoms with E-state index in [0.717, 1.165) is 83.3 Å². The van der Waals surface area contributed by atoms with Crippen LogP contribution in [0.2, 0.25) is 0 Å². The highest BCUT2D eigenvalue weighted by Crippen LogP contribution is 2.42. The molecule has 0 unspecified atom stereocenters. The maximum Gasteiger partial charge on any atom is 0.194 e. The van der Waals surface area contributed by atoms with Crippen LogP contribution in [0.25, 0.3) is 22.2 Å². The first-order valence-electron chi connectivity index (χ1n) is 10.9. The summed E-state index contributed by atoms with van der Waals surface area (Å²) >= 11 is 0. The van der Waals surface area contributed by atoms with Crippen molar-refractivity contribution < 1.29 is 13.7 Å². The molecule has 2 aromatic carbocycles. The predicted molar refractivity (Wildman–Crippen MR) is 120 cm³/mol. The van der Waals surface area contributed by atoms with Gasteiger partial charge in [0.05, 0.1) is 11.6 Å². The van der Waals surface area contributed by atoms with Crippen molar-refractivity contribution in [1.82, 2.24) is 10.1 Å². The van der Waals surface area contributed by atoms with Crippen LogP contribution in [-0.4, -0.2) is 36.5 Å². The summed E-state index contributed by atoms with van der Waals surface area (Å²) in [4.78, 5) is 15.7. The second kappa shape index (κ2) is 8.16. The van der Waals surface area contributed by atoms with Crippen LogP contribution in [0.3, 0.4) is 0 Å². The van der Waals surface area contributed by atoms with Gasteiger partial charge in [0.2, 0.25) is 0 Å². The third kappa shape index (κ3) is 3.59. The lowest BCUT2D eigenvalue weighted by atomic mass is 9.82. The Morgan fingerprint density at radius 2 is 1.77 bits per heavy atom. The van der Waals surface area contributed by atoms with Gasteiger partial charge in [0.1, 0.15) is 11.3 Å². The van der Waals surface area contributed by atoms with E-state index in [2.05, 4.69) is 30.2 Å². The van der Waals surface area contributed by atoms with Gasteiger partial charge in [-0.25, -0.2) is 0 Å². The topological polar surface area (TPSA) is 59.5 Å². The minimum Gasteiger partial charge on any atom is -0.469 e. The Bertz CT molecular complexity index is 1240. The molecule has 0 saturated heterocycles. The zero-order valence-corrected chi connectivity index (χ0v) is 18.0. The van der Waals surface area contributed by atoms with Crippen LogP contribution < -0.4 is 0 Å². The summed E-state index contributed by atoms with van der Waals surface area (Å²) in [5.74, 6) is 1.74. The SMILES string of the molecule is CN(C)CCCCc1cc(CCc2ccco2)c2noc3c2c1C(=O)c1ccccc1-3. The summed E-state index contributed by atoms with van der Waals surface area (Å²) in [7, 11) is 4.18. The van der Waals surface area contributed by atoms with Gasteiger partial charge in [-0.05, 0) is 69.6 Å². The molecular weight excluding hydrogens is 388 g/mol. The van der Waals surface area contributed by atoms with Crippen LogP contribution in [0.15, 0.2) is 57.7 Å². The number of aryl methyl sites for hydroxylation is 3. The van der Waals surface area contributed by atoms with Crippen molar-refractivity contribution in [1.29, 1.82) is 0 Å². The van der Waals surface area contributed by atoms with Gasteiger partial charge in [0, 0.05) is 23.1 Å². The molecule has 0 atom stereocenters. The van der Waals surface area contributed by atoms with Gasteiger partial charge < -0.3 is 13.8 Å². The molecule has 2 aromatic heterocycles. The van der Waals surface area contributed by atoms with Crippen molar-refractivity contribution in [3.63, 3.8) is 0 Å². The average Bonchev–Trinajstić information content (AvgIpc) is 3.44. The number of hydrogen-bond donors (Lipinski definition) is 0. The number of hydrogen-bond acceptors (Lipinski definition) is 5. The third-order valence-electron chi connectivity index (χ3n) is 6.08. The molecule has 0 spiro atoms. The van der Waals surface area contributed by atoms with Crippen molar-refractivity contribution in [2.75, 3.05) is 20.6 Å². The van der Waals surface area contributed by atoms with E-state index in [9.17, 15) is 4.79 Å². The summed E-state index contributed by atoms with van der Waals surface area (Å²) < 4.78 is 11.4. The van der Waals surface area contributed by atoms with Gasteiger partial charge in [-0.15, -0.1) is 0 Å². The second-order valence-electron chi connectivity index (χ2n) is 8.52. The molecule has 0 aliphatic heterocycles. The largest absolute Gasteiger partial charge is 0.469 e. The standard InChI is InChI=1S/C26H26N2O3/c1-28(2)14-6-5-8-17-16-18(12-13-19-9-7-15-30-19)24-23-22(17)25(29)20-10-3-4-11-21(20)26(23)31-27-24/h3-4,7,9-11,15-16H,5-6,8,12-14H2,1-2H3. The second-order valence-corrected chi connectivity index (χ2v) is 8.52. The molecule has 5 heteroatoms. The summed E-state index contributed by atoms with van der Waals surface area (Å²) in [6, 6.07) is 13.8. The molecule has 0 N–H and O–H groups in total. The van der Waals surface area contributed by atoms with E-state index in [0.29, 0.717) is 5.56 Å². The fourth-order valence-corrected chi connectivity index (χ4v) is 4.55. The van der Waals surface area contributed by atoms with E-state index in [1.165, 1.54) is 0 Å². The number of fused-ring (bicyclic) bond motifs is 2. The maximum absolute atomic E-state index is 13.5. The van der Waals surface area contributed by atoms with Gasteiger partial charge in [0.25, 0.3) is 0 Å². The molecule has 1 aliphatic rings. The van der Waals surface area contributed by atoms with Crippen molar-refractivity contribution in [3.8, 4) is 11.3 Å². The van der Waals surface area contributed by atoms with Gasteiger partial charge >= 0.3 is 0 Å². The lowest BCUT2D eigenvalue weighted by Gasteiger charge is -2.19. The molecule has 4 aromatic rings. The molecule has 2 heterocycles. The summed E-state index contributed by atoms with van der Waals surface area (Å²) in [5, 5.41) is 5.30. The minimum atomic E-state index is 0.0801. The van der Waals surface area contributed by atoms with Crippen LogP contribution in [0.5, 0.6) is 0 Å². The number of benzene rings is 2. The van der Waals surface area contributed by atoms with E-state index < -0.39 is 0 Å². The quantitative estimate of drug-likeness (QED) is 0.322. The Balaban J connectivity index is 1.59. The van der Waals surface area contributed by atoms with Crippen LogP contribution in [-0.2, 0) is 19.3 Å². The molecule has 5 rings (SSSR count). The first-order valence-corrected chi connectivity index (χ1v) is 10.9.